The smallest absolute Gasteiger partial charge is 0.120 e. The Morgan fingerprint density at radius 3 is 2.24 bits per heavy atom. The van der Waals surface area contributed by atoms with Crippen molar-refractivity contribution in [1.82, 2.24) is 0 Å². The van der Waals surface area contributed by atoms with Crippen LogP contribution in [0.4, 0.5) is 0 Å². The Bertz CT molecular complexity index is 530. The summed E-state index contributed by atoms with van der Waals surface area (Å²) in [6.07, 6.45) is 2.20. The van der Waals surface area contributed by atoms with E-state index in [1.165, 1.54) is 5.56 Å². The molecular formula is C18H20O3. The van der Waals surface area contributed by atoms with Crippen LogP contribution in [0.3, 0.4) is 0 Å². The first-order chi connectivity index (χ1) is 10.4. The summed E-state index contributed by atoms with van der Waals surface area (Å²) in [5, 5.41) is 0. The van der Waals surface area contributed by atoms with Crippen molar-refractivity contribution in [2.24, 2.45) is 0 Å². The fourth-order valence-corrected chi connectivity index (χ4v) is 2.34. The Morgan fingerprint density at radius 2 is 1.52 bits per heavy atom. The Labute approximate surface area is 125 Å². The average molecular weight is 284 g/mol. The average Bonchev–Trinajstić information content (AvgIpc) is 2.56. The van der Waals surface area contributed by atoms with E-state index in [1.807, 2.05) is 42.5 Å². The molecule has 0 amide bonds. The van der Waals surface area contributed by atoms with Crippen molar-refractivity contribution in [3.8, 4) is 11.5 Å². The van der Waals surface area contributed by atoms with Crippen LogP contribution in [0, 0.1) is 0 Å². The van der Waals surface area contributed by atoms with Crippen LogP contribution in [0.15, 0.2) is 54.6 Å². The van der Waals surface area contributed by atoms with Crippen LogP contribution < -0.4 is 9.47 Å². The molecule has 110 valence electrons. The maximum Gasteiger partial charge on any atom is 0.120 e. The fourth-order valence-electron chi connectivity index (χ4n) is 2.34. The van der Waals surface area contributed by atoms with Crippen molar-refractivity contribution < 1.29 is 14.2 Å². The third-order valence-corrected chi connectivity index (χ3v) is 3.54. The molecule has 2 aromatic carbocycles. The lowest BCUT2D eigenvalue weighted by Crippen LogP contribution is -2.25. The minimum absolute atomic E-state index is 0.273. The van der Waals surface area contributed by atoms with Gasteiger partial charge in [0.1, 0.15) is 24.2 Å². The van der Waals surface area contributed by atoms with Gasteiger partial charge >= 0.3 is 0 Å². The van der Waals surface area contributed by atoms with Crippen molar-refractivity contribution in [3.05, 3.63) is 60.2 Å². The van der Waals surface area contributed by atoms with Gasteiger partial charge in [-0.05, 0) is 29.8 Å². The van der Waals surface area contributed by atoms with E-state index < -0.39 is 0 Å². The third kappa shape index (κ3) is 4.23. The van der Waals surface area contributed by atoms with Gasteiger partial charge in [0, 0.05) is 12.8 Å². The molecule has 2 aromatic rings. The SMILES string of the molecule is c1ccc(COc2ccc(OC3CCOCC3)cc2)cc1. The van der Waals surface area contributed by atoms with Gasteiger partial charge in [-0.3, -0.25) is 0 Å². The van der Waals surface area contributed by atoms with E-state index in [4.69, 9.17) is 14.2 Å². The molecule has 1 saturated heterocycles. The van der Waals surface area contributed by atoms with E-state index in [2.05, 4.69) is 12.1 Å². The van der Waals surface area contributed by atoms with Gasteiger partial charge < -0.3 is 14.2 Å². The van der Waals surface area contributed by atoms with Gasteiger partial charge in [-0.25, -0.2) is 0 Å². The van der Waals surface area contributed by atoms with Crippen molar-refractivity contribution >= 4 is 0 Å². The molecule has 0 bridgehead atoms. The summed E-state index contributed by atoms with van der Waals surface area (Å²) in [5.74, 6) is 1.76. The molecule has 21 heavy (non-hydrogen) atoms. The highest BCUT2D eigenvalue weighted by atomic mass is 16.5. The molecule has 1 heterocycles. The lowest BCUT2D eigenvalue weighted by molar-refractivity contribution is 0.0255. The second kappa shape index (κ2) is 7.14. The van der Waals surface area contributed by atoms with Gasteiger partial charge in [-0.1, -0.05) is 30.3 Å². The Morgan fingerprint density at radius 1 is 0.857 bits per heavy atom. The lowest BCUT2D eigenvalue weighted by atomic mass is 10.1. The minimum Gasteiger partial charge on any atom is -0.490 e. The second-order valence-electron chi connectivity index (χ2n) is 5.18. The van der Waals surface area contributed by atoms with Crippen LogP contribution in [0.5, 0.6) is 11.5 Å². The van der Waals surface area contributed by atoms with E-state index in [0.717, 1.165) is 37.6 Å². The Kier molecular flexibility index (Phi) is 4.74. The predicted molar refractivity (Wildman–Crippen MR) is 81.7 cm³/mol. The van der Waals surface area contributed by atoms with Crippen molar-refractivity contribution in [2.75, 3.05) is 13.2 Å². The Balaban J connectivity index is 1.51. The molecule has 3 nitrogen and oxygen atoms in total. The van der Waals surface area contributed by atoms with E-state index in [0.29, 0.717) is 6.61 Å². The van der Waals surface area contributed by atoms with Crippen LogP contribution in [-0.2, 0) is 11.3 Å². The largest absolute Gasteiger partial charge is 0.490 e. The number of ether oxygens (including phenoxy) is 3. The summed E-state index contributed by atoms with van der Waals surface area (Å²) in [7, 11) is 0. The summed E-state index contributed by atoms with van der Waals surface area (Å²) in [6, 6.07) is 18.0. The number of benzene rings is 2. The maximum atomic E-state index is 5.94. The summed E-state index contributed by atoms with van der Waals surface area (Å²) in [5.41, 5.74) is 1.17. The highest BCUT2D eigenvalue weighted by Gasteiger charge is 2.15. The molecule has 3 rings (SSSR count). The highest BCUT2D eigenvalue weighted by molar-refractivity contribution is 5.31. The monoisotopic (exact) mass is 284 g/mol. The van der Waals surface area contributed by atoms with E-state index in [-0.39, 0.29) is 6.10 Å². The summed E-state index contributed by atoms with van der Waals surface area (Å²) >= 11 is 0. The molecule has 0 aliphatic carbocycles. The van der Waals surface area contributed by atoms with Crippen molar-refractivity contribution in [1.29, 1.82) is 0 Å². The number of rotatable bonds is 5. The normalized spacial score (nSPS) is 15.6. The molecule has 1 aliphatic rings. The summed E-state index contributed by atoms with van der Waals surface area (Å²) in [4.78, 5) is 0. The Hall–Kier alpha value is -2.00. The molecule has 0 saturated carbocycles. The first kappa shape index (κ1) is 14.0. The minimum atomic E-state index is 0.273. The standard InChI is InChI=1S/C18H20O3/c1-2-4-15(5-3-1)14-20-16-6-8-17(9-7-16)21-18-10-12-19-13-11-18/h1-9,18H,10-14H2. The third-order valence-electron chi connectivity index (χ3n) is 3.54. The van der Waals surface area contributed by atoms with E-state index in [9.17, 15) is 0 Å². The zero-order chi connectivity index (χ0) is 14.3. The first-order valence-corrected chi connectivity index (χ1v) is 7.41. The van der Waals surface area contributed by atoms with Gasteiger partial charge in [0.2, 0.25) is 0 Å². The number of hydrogen-bond acceptors (Lipinski definition) is 3. The summed E-state index contributed by atoms with van der Waals surface area (Å²) < 4.78 is 17.0. The number of hydrogen-bond donors (Lipinski definition) is 0. The van der Waals surface area contributed by atoms with Crippen molar-refractivity contribution in [3.63, 3.8) is 0 Å². The molecule has 0 aromatic heterocycles. The zero-order valence-electron chi connectivity index (χ0n) is 12.0. The van der Waals surface area contributed by atoms with Crippen LogP contribution in [-0.4, -0.2) is 19.3 Å². The van der Waals surface area contributed by atoms with Crippen molar-refractivity contribution in [2.45, 2.75) is 25.6 Å². The summed E-state index contributed by atoms with van der Waals surface area (Å²) in [6.45, 7) is 2.17. The molecule has 1 fully saturated rings. The molecule has 3 heteroatoms. The van der Waals surface area contributed by atoms with Crippen LogP contribution in [0.2, 0.25) is 0 Å². The fraction of sp³-hybridized carbons (Fsp3) is 0.333. The van der Waals surface area contributed by atoms with Gasteiger partial charge in [0.25, 0.3) is 0 Å². The zero-order valence-corrected chi connectivity index (χ0v) is 12.0. The predicted octanol–water partition coefficient (Wildman–Crippen LogP) is 3.82. The maximum absolute atomic E-state index is 5.94. The lowest BCUT2D eigenvalue weighted by Gasteiger charge is -2.23. The van der Waals surface area contributed by atoms with Crippen LogP contribution >= 0.6 is 0 Å². The molecular weight excluding hydrogens is 264 g/mol. The molecule has 0 atom stereocenters. The van der Waals surface area contributed by atoms with E-state index in [1.54, 1.807) is 0 Å². The van der Waals surface area contributed by atoms with Crippen LogP contribution in [0.25, 0.3) is 0 Å². The molecule has 1 aliphatic heterocycles. The van der Waals surface area contributed by atoms with Gasteiger partial charge in [0.15, 0.2) is 0 Å². The second-order valence-corrected chi connectivity index (χ2v) is 5.18. The molecule has 0 spiro atoms. The van der Waals surface area contributed by atoms with Gasteiger partial charge in [0.05, 0.1) is 13.2 Å². The van der Waals surface area contributed by atoms with Gasteiger partial charge in [-0.15, -0.1) is 0 Å². The quantitative estimate of drug-likeness (QED) is 0.835. The highest BCUT2D eigenvalue weighted by Crippen LogP contribution is 2.22. The topological polar surface area (TPSA) is 27.7 Å². The van der Waals surface area contributed by atoms with E-state index >= 15 is 0 Å². The first-order valence-electron chi connectivity index (χ1n) is 7.41. The molecule has 0 N–H and O–H groups in total. The van der Waals surface area contributed by atoms with Gasteiger partial charge in [-0.2, -0.15) is 0 Å². The molecule has 0 unspecified atom stereocenters. The van der Waals surface area contributed by atoms with Crippen LogP contribution in [0.1, 0.15) is 18.4 Å². The molecule has 0 radical (unpaired) electrons.